The summed E-state index contributed by atoms with van der Waals surface area (Å²) in [5, 5.41) is 0. The number of fused-ring (bicyclic) bond motifs is 4. The summed E-state index contributed by atoms with van der Waals surface area (Å²) in [7, 11) is 0. The van der Waals surface area contributed by atoms with Crippen molar-refractivity contribution < 1.29 is 9.47 Å². The Morgan fingerprint density at radius 3 is 2.25 bits per heavy atom. The first kappa shape index (κ1) is 14.8. The number of hydrogen-bond acceptors (Lipinski definition) is 2. The van der Waals surface area contributed by atoms with Gasteiger partial charge in [-0.2, -0.15) is 0 Å². The van der Waals surface area contributed by atoms with E-state index >= 15 is 0 Å². The van der Waals surface area contributed by atoms with Crippen molar-refractivity contribution in [3.63, 3.8) is 0 Å². The van der Waals surface area contributed by atoms with Crippen LogP contribution in [-0.2, 0) is 9.47 Å². The Bertz CT molecular complexity index is 387. The molecule has 116 valence electrons. The lowest BCUT2D eigenvalue weighted by molar-refractivity contribution is -0.185. The third-order valence-electron chi connectivity index (χ3n) is 6.63. The lowest BCUT2D eigenvalue weighted by Gasteiger charge is -2.56. The van der Waals surface area contributed by atoms with Gasteiger partial charge in [-0.25, -0.2) is 0 Å². The highest BCUT2D eigenvalue weighted by Gasteiger charge is 2.62. The quantitative estimate of drug-likeness (QED) is 0.636. The van der Waals surface area contributed by atoms with Gasteiger partial charge in [0.05, 0.1) is 11.7 Å². The second kappa shape index (κ2) is 4.46. The van der Waals surface area contributed by atoms with E-state index in [9.17, 15) is 0 Å². The van der Waals surface area contributed by atoms with E-state index in [1.807, 2.05) is 0 Å². The summed E-state index contributed by atoms with van der Waals surface area (Å²) < 4.78 is 12.8. The highest BCUT2D eigenvalue weighted by atomic mass is 16.8. The van der Waals surface area contributed by atoms with Crippen LogP contribution in [0.25, 0.3) is 0 Å². The Morgan fingerprint density at radius 2 is 1.55 bits per heavy atom. The molecule has 2 nitrogen and oxygen atoms in total. The van der Waals surface area contributed by atoms with E-state index in [4.69, 9.17) is 9.47 Å². The molecule has 0 N–H and O–H groups in total. The number of rotatable bonds is 0. The molecule has 1 unspecified atom stereocenters. The molecule has 1 aliphatic heterocycles. The van der Waals surface area contributed by atoms with Crippen LogP contribution < -0.4 is 0 Å². The van der Waals surface area contributed by atoms with Crippen LogP contribution in [0.1, 0.15) is 73.6 Å². The van der Waals surface area contributed by atoms with Crippen molar-refractivity contribution in [3.05, 3.63) is 0 Å². The molecular formula is C18H32O2. The minimum Gasteiger partial charge on any atom is -0.344 e. The van der Waals surface area contributed by atoms with E-state index in [1.165, 1.54) is 32.1 Å². The van der Waals surface area contributed by atoms with Gasteiger partial charge in [-0.3, -0.25) is 0 Å². The molecule has 3 rings (SSSR count). The van der Waals surface area contributed by atoms with E-state index in [-0.39, 0.29) is 11.7 Å². The minimum absolute atomic E-state index is 0.0967. The summed E-state index contributed by atoms with van der Waals surface area (Å²) in [4.78, 5) is 0. The molecule has 1 heterocycles. The fourth-order valence-electron chi connectivity index (χ4n) is 5.47. The summed E-state index contributed by atoms with van der Waals surface area (Å²) in [6, 6.07) is 0. The molecule has 2 bridgehead atoms. The van der Waals surface area contributed by atoms with Gasteiger partial charge < -0.3 is 9.47 Å². The van der Waals surface area contributed by atoms with Gasteiger partial charge in [0.25, 0.3) is 0 Å². The molecule has 5 atom stereocenters. The van der Waals surface area contributed by atoms with Crippen LogP contribution >= 0.6 is 0 Å². The monoisotopic (exact) mass is 280 g/mol. The summed E-state index contributed by atoms with van der Waals surface area (Å²) in [6.45, 7) is 13.9. The van der Waals surface area contributed by atoms with Gasteiger partial charge in [-0.05, 0) is 63.2 Å². The van der Waals surface area contributed by atoms with Crippen molar-refractivity contribution in [2.75, 3.05) is 0 Å². The van der Waals surface area contributed by atoms with Crippen LogP contribution in [0.4, 0.5) is 0 Å². The van der Waals surface area contributed by atoms with Gasteiger partial charge in [-0.1, -0.05) is 33.6 Å². The van der Waals surface area contributed by atoms with Gasteiger partial charge in [0.1, 0.15) is 0 Å². The summed E-state index contributed by atoms with van der Waals surface area (Å²) in [6.07, 6.45) is 6.84. The Kier molecular flexibility index (Phi) is 3.31. The van der Waals surface area contributed by atoms with Crippen molar-refractivity contribution in [3.8, 4) is 0 Å². The van der Waals surface area contributed by atoms with E-state index in [2.05, 4.69) is 41.5 Å². The van der Waals surface area contributed by atoms with Gasteiger partial charge in [0, 0.05) is 0 Å². The van der Waals surface area contributed by atoms with Crippen molar-refractivity contribution in [2.24, 2.45) is 23.2 Å². The van der Waals surface area contributed by atoms with Crippen molar-refractivity contribution in [1.29, 1.82) is 0 Å². The molecule has 2 heteroatoms. The maximum Gasteiger partial charge on any atom is 0.164 e. The SMILES string of the molecule is C[C@@H]1CC[C@@H]2C[C@@H]3OC(C)(C)OC3(C)[C@H](CC1)C2(C)C. The maximum absolute atomic E-state index is 6.47. The lowest BCUT2D eigenvalue weighted by atomic mass is 9.52. The summed E-state index contributed by atoms with van der Waals surface area (Å²) in [5.41, 5.74) is 0.274. The van der Waals surface area contributed by atoms with E-state index in [1.54, 1.807) is 0 Å². The topological polar surface area (TPSA) is 18.5 Å². The molecule has 0 aromatic rings. The zero-order chi connectivity index (χ0) is 14.8. The minimum atomic E-state index is -0.414. The zero-order valence-corrected chi connectivity index (χ0v) is 14.2. The van der Waals surface area contributed by atoms with Crippen LogP contribution in [0, 0.1) is 23.2 Å². The smallest absolute Gasteiger partial charge is 0.164 e. The van der Waals surface area contributed by atoms with Gasteiger partial charge in [-0.15, -0.1) is 0 Å². The van der Waals surface area contributed by atoms with Crippen LogP contribution in [0.3, 0.4) is 0 Å². The summed E-state index contributed by atoms with van der Waals surface area (Å²) >= 11 is 0. The van der Waals surface area contributed by atoms with E-state index in [0.29, 0.717) is 11.3 Å². The number of hydrogen-bond donors (Lipinski definition) is 0. The standard InChI is InChI=1S/C18H32O2/c1-12-7-9-13-11-15-18(6,20-17(4,5)19-15)14(10-8-12)16(13,2)3/h12-15H,7-11H2,1-6H3/t12-,13-,14-,15+,18?/m1/s1. The molecule has 0 aromatic carbocycles. The fraction of sp³-hybridized carbons (Fsp3) is 1.00. The van der Waals surface area contributed by atoms with Crippen molar-refractivity contribution in [1.82, 2.24) is 0 Å². The molecule has 3 fully saturated rings. The molecule has 0 amide bonds. The molecule has 20 heavy (non-hydrogen) atoms. The van der Waals surface area contributed by atoms with Gasteiger partial charge in [0.15, 0.2) is 5.79 Å². The molecule has 2 aliphatic carbocycles. The fourth-order valence-corrected chi connectivity index (χ4v) is 5.47. The Labute approximate surface area is 124 Å². The highest BCUT2D eigenvalue weighted by molar-refractivity contribution is 5.09. The largest absolute Gasteiger partial charge is 0.344 e. The van der Waals surface area contributed by atoms with Crippen molar-refractivity contribution in [2.45, 2.75) is 91.1 Å². The zero-order valence-electron chi connectivity index (χ0n) is 14.2. The average molecular weight is 280 g/mol. The van der Waals surface area contributed by atoms with Crippen LogP contribution in [0.5, 0.6) is 0 Å². The molecular weight excluding hydrogens is 248 g/mol. The van der Waals surface area contributed by atoms with E-state index < -0.39 is 5.79 Å². The predicted molar refractivity (Wildman–Crippen MR) is 81.5 cm³/mol. The Morgan fingerprint density at radius 1 is 0.900 bits per heavy atom. The third kappa shape index (κ3) is 2.14. The third-order valence-corrected chi connectivity index (χ3v) is 6.63. The first-order valence-corrected chi connectivity index (χ1v) is 8.53. The normalized spacial score (nSPS) is 50.1. The Balaban J connectivity index is 1.97. The van der Waals surface area contributed by atoms with E-state index in [0.717, 1.165) is 11.8 Å². The maximum atomic E-state index is 6.47. The average Bonchev–Trinajstić information content (AvgIpc) is 2.52. The molecule has 2 saturated carbocycles. The highest BCUT2D eigenvalue weighted by Crippen LogP contribution is 2.60. The predicted octanol–water partition coefficient (Wildman–Crippen LogP) is 4.77. The first-order valence-electron chi connectivity index (χ1n) is 8.53. The van der Waals surface area contributed by atoms with Crippen LogP contribution in [-0.4, -0.2) is 17.5 Å². The molecule has 0 aromatic heterocycles. The molecule has 0 radical (unpaired) electrons. The molecule has 1 saturated heterocycles. The second-order valence-corrected chi connectivity index (χ2v) is 8.86. The van der Waals surface area contributed by atoms with Crippen molar-refractivity contribution >= 4 is 0 Å². The van der Waals surface area contributed by atoms with Crippen LogP contribution in [0.2, 0.25) is 0 Å². The second-order valence-electron chi connectivity index (χ2n) is 8.86. The summed E-state index contributed by atoms with van der Waals surface area (Å²) in [5.74, 6) is 1.85. The Hall–Kier alpha value is -0.0800. The first-order chi connectivity index (χ1) is 9.15. The molecule has 3 aliphatic rings. The molecule has 0 spiro atoms. The number of ether oxygens (including phenoxy) is 2. The lowest BCUT2D eigenvalue weighted by Crippen LogP contribution is -2.58. The van der Waals surface area contributed by atoms with Gasteiger partial charge >= 0.3 is 0 Å². The van der Waals surface area contributed by atoms with Crippen LogP contribution in [0.15, 0.2) is 0 Å². The van der Waals surface area contributed by atoms with Gasteiger partial charge in [0.2, 0.25) is 0 Å².